The van der Waals surface area contributed by atoms with Gasteiger partial charge in [0.15, 0.2) is 11.5 Å². The molecule has 0 fully saturated rings. The van der Waals surface area contributed by atoms with E-state index in [9.17, 15) is 4.79 Å². The van der Waals surface area contributed by atoms with E-state index in [1.54, 1.807) is 23.1 Å². The van der Waals surface area contributed by atoms with Gasteiger partial charge in [-0.05, 0) is 18.6 Å². The zero-order valence-electron chi connectivity index (χ0n) is 8.88. The monoisotopic (exact) mass is 220 g/mol. The van der Waals surface area contributed by atoms with E-state index in [1.807, 2.05) is 6.92 Å². The average molecular weight is 220 g/mol. The molecule has 2 heterocycles. The van der Waals surface area contributed by atoms with Gasteiger partial charge in [0, 0.05) is 12.6 Å². The molecule has 2 aromatic rings. The Morgan fingerprint density at radius 2 is 2.44 bits per heavy atom. The molecular weight excluding hydrogens is 208 g/mol. The van der Waals surface area contributed by atoms with Crippen molar-refractivity contribution in [1.29, 1.82) is 0 Å². The Morgan fingerprint density at radius 1 is 1.62 bits per heavy atom. The molecule has 2 aromatic heterocycles. The van der Waals surface area contributed by atoms with E-state index in [0.29, 0.717) is 18.0 Å². The summed E-state index contributed by atoms with van der Waals surface area (Å²) in [5.41, 5.74) is 0.740. The van der Waals surface area contributed by atoms with Crippen molar-refractivity contribution in [3.05, 3.63) is 30.2 Å². The average Bonchev–Trinajstić information content (AvgIpc) is 2.84. The predicted octanol–water partition coefficient (Wildman–Crippen LogP) is 2.25. The Morgan fingerprint density at radius 3 is 3.00 bits per heavy atom. The maximum Gasteiger partial charge on any atom is 0.356 e. The molecule has 0 aromatic carbocycles. The summed E-state index contributed by atoms with van der Waals surface area (Å²) in [7, 11) is 0. The predicted molar refractivity (Wildman–Crippen MR) is 57.2 cm³/mol. The van der Waals surface area contributed by atoms with Crippen LogP contribution in [-0.2, 0) is 6.54 Å². The fourth-order valence-corrected chi connectivity index (χ4v) is 1.53. The zero-order chi connectivity index (χ0) is 11.5. The van der Waals surface area contributed by atoms with Gasteiger partial charge in [-0.1, -0.05) is 6.92 Å². The highest BCUT2D eigenvalue weighted by atomic mass is 16.4. The third kappa shape index (κ3) is 1.84. The fourth-order valence-electron chi connectivity index (χ4n) is 1.53. The first-order valence-corrected chi connectivity index (χ1v) is 5.07. The van der Waals surface area contributed by atoms with Crippen molar-refractivity contribution in [3.63, 3.8) is 0 Å². The minimum atomic E-state index is -1.03. The number of hydrogen-bond acceptors (Lipinski definition) is 3. The lowest BCUT2D eigenvalue weighted by Crippen LogP contribution is -2.03. The van der Waals surface area contributed by atoms with Crippen LogP contribution in [0.3, 0.4) is 0 Å². The van der Waals surface area contributed by atoms with E-state index in [1.165, 1.54) is 6.07 Å². The van der Waals surface area contributed by atoms with Gasteiger partial charge in [0.05, 0.1) is 6.26 Å². The van der Waals surface area contributed by atoms with Crippen LogP contribution in [-0.4, -0.2) is 20.9 Å². The first-order valence-electron chi connectivity index (χ1n) is 5.07. The van der Waals surface area contributed by atoms with E-state index in [0.717, 1.165) is 6.42 Å². The van der Waals surface area contributed by atoms with Crippen LogP contribution >= 0.6 is 0 Å². The molecule has 0 radical (unpaired) electrons. The molecule has 0 amide bonds. The topological polar surface area (TPSA) is 68.3 Å². The van der Waals surface area contributed by atoms with Crippen molar-refractivity contribution in [1.82, 2.24) is 9.78 Å². The molecule has 0 saturated heterocycles. The minimum Gasteiger partial charge on any atom is -0.476 e. The Hall–Kier alpha value is -2.04. The smallest absolute Gasteiger partial charge is 0.356 e. The summed E-state index contributed by atoms with van der Waals surface area (Å²) in [6.45, 7) is 2.68. The summed E-state index contributed by atoms with van der Waals surface area (Å²) >= 11 is 0. The van der Waals surface area contributed by atoms with Crippen LogP contribution in [0, 0.1) is 0 Å². The van der Waals surface area contributed by atoms with E-state index >= 15 is 0 Å². The molecule has 0 unspecified atom stereocenters. The maximum absolute atomic E-state index is 10.8. The highest BCUT2D eigenvalue weighted by Crippen LogP contribution is 2.21. The highest BCUT2D eigenvalue weighted by Gasteiger charge is 2.15. The number of carboxylic acids is 1. The molecule has 0 spiro atoms. The number of hydrogen-bond donors (Lipinski definition) is 1. The normalized spacial score (nSPS) is 10.6. The number of rotatable bonds is 4. The van der Waals surface area contributed by atoms with Crippen molar-refractivity contribution in [3.8, 4) is 11.5 Å². The summed E-state index contributed by atoms with van der Waals surface area (Å²) in [6.07, 6.45) is 2.44. The molecule has 5 heteroatoms. The van der Waals surface area contributed by atoms with Gasteiger partial charge in [-0.25, -0.2) is 4.79 Å². The summed E-state index contributed by atoms with van der Waals surface area (Å²) in [5.74, 6) is -0.392. The highest BCUT2D eigenvalue weighted by molar-refractivity contribution is 5.86. The Kier molecular flexibility index (Phi) is 2.76. The van der Waals surface area contributed by atoms with Crippen LogP contribution < -0.4 is 0 Å². The SMILES string of the molecule is CCCn1nc(C(=O)O)cc1-c1ccco1. The van der Waals surface area contributed by atoms with Crippen molar-refractivity contribution >= 4 is 5.97 Å². The van der Waals surface area contributed by atoms with Gasteiger partial charge in [0.2, 0.25) is 0 Å². The van der Waals surface area contributed by atoms with Crippen molar-refractivity contribution in [2.24, 2.45) is 0 Å². The molecule has 16 heavy (non-hydrogen) atoms. The van der Waals surface area contributed by atoms with E-state index in [4.69, 9.17) is 9.52 Å². The van der Waals surface area contributed by atoms with Gasteiger partial charge in [-0.15, -0.1) is 0 Å². The maximum atomic E-state index is 10.8. The number of aromatic carboxylic acids is 1. The van der Waals surface area contributed by atoms with Gasteiger partial charge >= 0.3 is 5.97 Å². The quantitative estimate of drug-likeness (QED) is 0.858. The first-order chi connectivity index (χ1) is 7.72. The van der Waals surface area contributed by atoms with Crippen molar-refractivity contribution in [2.75, 3.05) is 0 Å². The number of furan rings is 1. The second-order valence-electron chi connectivity index (χ2n) is 3.42. The zero-order valence-corrected chi connectivity index (χ0v) is 8.88. The number of nitrogens with zero attached hydrogens (tertiary/aromatic N) is 2. The molecule has 0 aliphatic heterocycles. The summed E-state index contributed by atoms with van der Waals surface area (Å²) in [6, 6.07) is 5.07. The Balaban J connectivity index is 2.46. The molecule has 0 aliphatic rings. The van der Waals surface area contributed by atoms with Gasteiger partial charge in [0.25, 0.3) is 0 Å². The van der Waals surface area contributed by atoms with Crippen molar-refractivity contribution in [2.45, 2.75) is 19.9 Å². The molecule has 84 valence electrons. The van der Waals surface area contributed by atoms with Crippen LogP contribution in [0.1, 0.15) is 23.8 Å². The first kappa shape index (κ1) is 10.5. The van der Waals surface area contributed by atoms with E-state index in [2.05, 4.69) is 5.10 Å². The fraction of sp³-hybridized carbons (Fsp3) is 0.273. The van der Waals surface area contributed by atoms with E-state index in [-0.39, 0.29) is 5.69 Å². The molecule has 0 atom stereocenters. The van der Waals surface area contributed by atoms with Crippen LogP contribution in [0.4, 0.5) is 0 Å². The molecule has 2 rings (SSSR count). The molecule has 0 bridgehead atoms. The number of carboxylic acid groups (broad SMARTS) is 1. The summed E-state index contributed by atoms with van der Waals surface area (Å²) in [5, 5.41) is 12.9. The van der Waals surface area contributed by atoms with Crippen LogP contribution in [0.25, 0.3) is 11.5 Å². The number of aryl methyl sites for hydroxylation is 1. The molecule has 1 N–H and O–H groups in total. The van der Waals surface area contributed by atoms with Crippen molar-refractivity contribution < 1.29 is 14.3 Å². The third-order valence-corrected chi connectivity index (χ3v) is 2.21. The van der Waals surface area contributed by atoms with Gasteiger partial charge in [-0.2, -0.15) is 5.10 Å². The lowest BCUT2D eigenvalue weighted by molar-refractivity contribution is 0.0689. The van der Waals surface area contributed by atoms with Gasteiger partial charge in [0.1, 0.15) is 5.69 Å². The van der Waals surface area contributed by atoms with Crippen LogP contribution in [0.5, 0.6) is 0 Å². The lowest BCUT2D eigenvalue weighted by atomic mass is 10.3. The van der Waals surface area contributed by atoms with E-state index < -0.39 is 5.97 Å². The molecule has 5 nitrogen and oxygen atoms in total. The standard InChI is InChI=1S/C11H12N2O3/c1-2-5-13-9(10-4-3-6-16-10)7-8(12-13)11(14)15/h3-4,6-7H,2,5H2,1H3,(H,14,15). The summed E-state index contributed by atoms with van der Waals surface area (Å²) < 4.78 is 6.90. The van der Waals surface area contributed by atoms with Gasteiger partial charge < -0.3 is 9.52 Å². The minimum absolute atomic E-state index is 0.0415. The van der Waals surface area contributed by atoms with Gasteiger partial charge in [-0.3, -0.25) is 4.68 Å². The number of aromatic nitrogens is 2. The van der Waals surface area contributed by atoms with Crippen LogP contribution in [0.15, 0.2) is 28.9 Å². The second kappa shape index (κ2) is 4.22. The Labute approximate surface area is 92.3 Å². The third-order valence-electron chi connectivity index (χ3n) is 2.21. The second-order valence-corrected chi connectivity index (χ2v) is 3.42. The summed E-state index contributed by atoms with van der Waals surface area (Å²) in [4.78, 5) is 10.8. The largest absolute Gasteiger partial charge is 0.476 e. The van der Waals surface area contributed by atoms with Crippen LogP contribution in [0.2, 0.25) is 0 Å². The Bertz CT molecular complexity index is 485. The molecule has 0 saturated carbocycles. The lowest BCUT2D eigenvalue weighted by Gasteiger charge is -2.02. The molecule has 0 aliphatic carbocycles. The number of carbonyl (C=O) groups is 1. The molecular formula is C11H12N2O3.